The molecule has 2 aromatic heterocycles. The van der Waals surface area contributed by atoms with Gasteiger partial charge in [-0.2, -0.15) is 0 Å². The maximum atomic E-state index is 12.8. The second-order valence-corrected chi connectivity index (χ2v) is 7.40. The summed E-state index contributed by atoms with van der Waals surface area (Å²) in [6.07, 6.45) is 7.71. The average Bonchev–Trinajstić information content (AvgIpc) is 3.10. The fraction of sp³-hybridized carbons (Fsp3) is 0.444. The molecule has 0 spiro atoms. The van der Waals surface area contributed by atoms with Gasteiger partial charge in [-0.05, 0) is 48.9 Å². The van der Waals surface area contributed by atoms with Crippen molar-refractivity contribution in [2.75, 3.05) is 0 Å². The van der Waals surface area contributed by atoms with Gasteiger partial charge in [0.05, 0.1) is 11.1 Å². The summed E-state index contributed by atoms with van der Waals surface area (Å²) < 4.78 is 6.08. The zero-order valence-electron chi connectivity index (χ0n) is 13.1. The lowest BCUT2D eigenvalue weighted by atomic mass is 9.99. The van der Waals surface area contributed by atoms with E-state index in [0.29, 0.717) is 12.1 Å². The van der Waals surface area contributed by atoms with Crippen LogP contribution in [0.3, 0.4) is 0 Å². The van der Waals surface area contributed by atoms with Crippen LogP contribution < -0.4 is 4.74 Å². The van der Waals surface area contributed by atoms with Gasteiger partial charge in [0.1, 0.15) is 11.9 Å². The zero-order chi connectivity index (χ0) is 15.8. The smallest absolute Gasteiger partial charge is 0.264 e. The van der Waals surface area contributed by atoms with E-state index >= 15 is 0 Å². The van der Waals surface area contributed by atoms with E-state index in [0.717, 1.165) is 36.3 Å². The number of carbonyl (C=O) groups is 1. The summed E-state index contributed by atoms with van der Waals surface area (Å²) >= 11 is 1.56. The second kappa shape index (κ2) is 5.96. The van der Waals surface area contributed by atoms with Gasteiger partial charge < -0.3 is 9.64 Å². The number of aromatic nitrogens is 1. The van der Waals surface area contributed by atoms with Gasteiger partial charge in [0.25, 0.3) is 5.91 Å². The highest BCUT2D eigenvalue weighted by Crippen LogP contribution is 2.38. The summed E-state index contributed by atoms with van der Waals surface area (Å²) in [7, 11) is 0. The van der Waals surface area contributed by atoms with Crippen molar-refractivity contribution >= 4 is 17.2 Å². The number of rotatable bonds is 3. The Kier molecular flexibility index (Phi) is 3.81. The van der Waals surface area contributed by atoms with Crippen molar-refractivity contribution in [3.05, 3.63) is 46.4 Å². The van der Waals surface area contributed by atoms with E-state index in [9.17, 15) is 4.79 Å². The largest absolute Gasteiger partial charge is 0.489 e. The third kappa shape index (κ3) is 2.85. The van der Waals surface area contributed by atoms with Crippen molar-refractivity contribution < 1.29 is 9.53 Å². The van der Waals surface area contributed by atoms with E-state index in [1.165, 1.54) is 5.56 Å². The first-order chi connectivity index (χ1) is 11.2. The van der Waals surface area contributed by atoms with E-state index in [4.69, 9.17) is 4.74 Å². The minimum Gasteiger partial charge on any atom is -0.489 e. The van der Waals surface area contributed by atoms with Crippen LogP contribution in [0.25, 0.3) is 0 Å². The number of hydrogen-bond donors (Lipinski definition) is 0. The summed E-state index contributed by atoms with van der Waals surface area (Å²) in [5, 5.41) is 2.05. The molecule has 2 saturated heterocycles. The molecule has 2 aromatic rings. The van der Waals surface area contributed by atoms with E-state index in [1.54, 1.807) is 23.7 Å². The standard InChI is InChI=1S/C18H20N2O2S/c1-12-7-17(23-11-12)18(21)20-13-4-5-14(20)9-16(8-13)22-15-3-2-6-19-10-15/h2-3,6-7,10-11,13-14,16H,4-5,8-9H2,1H3. The van der Waals surface area contributed by atoms with Gasteiger partial charge in [0.2, 0.25) is 0 Å². The molecule has 2 atom stereocenters. The molecule has 2 bridgehead atoms. The fourth-order valence-electron chi connectivity index (χ4n) is 3.83. The molecule has 2 fully saturated rings. The second-order valence-electron chi connectivity index (χ2n) is 6.49. The van der Waals surface area contributed by atoms with Crippen LogP contribution in [0.5, 0.6) is 5.75 Å². The number of thiophene rings is 1. The Morgan fingerprint density at radius 2 is 2.13 bits per heavy atom. The molecule has 23 heavy (non-hydrogen) atoms. The Bertz CT molecular complexity index is 686. The number of carbonyl (C=O) groups excluding carboxylic acids is 1. The molecule has 0 aliphatic carbocycles. The lowest BCUT2D eigenvalue weighted by molar-refractivity contribution is 0.0362. The quantitative estimate of drug-likeness (QED) is 0.863. The summed E-state index contributed by atoms with van der Waals surface area (Å²) in [6, 6.07) is 6.46. The van der Waals surface area contributed by atoms with Gasteiger partial charge in [-0.15, -0.1) is 11.3 Å². The van der Waals surface area contributed by atoms with E-state index < -0.39 is 0 Å². The van der Waals surface area contributed by atoms with Crippen molar-refractivity contribution in [3.63, 3.8) is 0 Å². The fourth-order valence-corrected chi connectivity index (χ4v) is 4.68. The molecule has 4 nitrogen and oxygen atoms in total. The van der Waals surface area contributed by atoms with Crippen molar-refractivity contribution in [3.8, 4) is 5.75 Å². The Morgan fingerprint density at radius 1 is 1.35 bits per heavy atom. The predicted molar refractivity (Wildman–Crippen MR) is 89.9 cm³/mol. The predicted octanol–water partition coefficient (Wildman–Crippen LogP) is 3.67. The molecule has 4 rings (SSSR count). The van der Waals surface area contributed by atoms with E-state index in [-0.39, 0.29) is 12.0 Å². The maximum absolute atomic E-state index is 12.8. The first-order valence-electron chi connectivity index (χ1n) is 8.15. The van der Waals surface area contributed by atoms with Gasteiger partial charge in [-0.3, -0.25) is 9.78 Å². The lowest BCUT2D eigenvalue weighted by Crippen LogP contribution is -2.49. The van der Waals surface area contributed by atoms with Crippen LogP contribution in [0.4, 0.5) is 0 Å². The number of ether oxygens (including phenoxy) is 1. The van der Waals surface area contributed by atoms with Gasteiger partial charge in [0, 0.05) is 31.1 Å². The summed E-state index contributed by atoms with van der Waals surface area (Å²) in [5.41, 5.74) is 1.17. The number of hydrogen-bond acceptors (Lipinski definition) is 4. The number of amides is 1. The van der Waals surface area contributed by atoms with Crippen LogP contribution in [-0.4, -0.2) is 34.0 Å². The third-order valence-corrected chi connectivity index (χ3v) is 5.84. The SMILES string of the molecule is Cc1csc(C(=O)N2C3CCC2CC(Oc2cccnc2)C3)c1. The molecule has 1 amide bonds. The molecule has 0 saturated carbocycles. The van der Waals surface area contributed by atoms with Gasteiger partial charge in [0.15, 0.2) is 0 Å². The van der Waals surface area contributed by atoms with Crippen LogP contribution in [0, 0.1) is 6.92 Å². The lowest BCUT2D eigenvalue weighted by Gasteiger charge is -2.38. The van der Waals surface area contributed by atoms with Crippen LogP contribution in [0.2, 0.25) is 0 Å². The first kappa shape index (κ1) is 14.7. The highest BCUT2D eigenvalue weighted by atomic mass is 32.1. The minimum atomic E-state index is 0.186. The minimum absolute atomic E-state index is 0.186. The maximum Gasteiger partial charge on any atom is 0.264 e. The van der Waals surface area contributed by atoms with Crippen LogP contribution in [0.1, 0.15) is 40.9 Å². The third-order valence-electron chi connectivity index (χ3n) is 4.80. The first-order valence-corrected chi connectivity index (χ1v) is 9.03. The van der Waals surface area contributed by atoms with Crippen molar-refractivity contribution in [1.29, 1.82) is 0 Å². The Morgan fingerprint density at radius 3 is 2.74 bits per heavy atom. The summed E-state index contributed by atoms with van der Waals surface area (Å²) in [4.78, 5) is 19.9. The molecule has 2 aliphatic rings. The monoisotopic (exact) mass is 328 g/mol. The topological polar surface area (TPSA) is 42.4 Å². The Balaban J connectivity index is 1.47. The van der Waals surface area contributed by atoms with Gasteiger partial charge in [-0.25, -0.2) is 0 Å². The molecular weight excluding hydrogens is 308 g/mol. The number of fused-ring (bicyclic) bond motifs is 2. The molecule has 0 radical (unpaired) electrons. The van der Waals surface area contributed by atoms with Crippen molar-refractivity contribution in [2.45, 2.75) is 50.8 Å². The van der Waals surface area contributed by atoms with E-state index in [2.05, 4.69) is 9.88 Å². The number of nitrogens with zero attached hydrogens (tertiary/aromatic N) is 2. The molecule has 2 unspecified atom stereocenters. The van der Waals surface area contributed by atoms with Crippen molar-refractivity contribution in [2.24, 2.45) is 0 Å². The average molecular weight is 328 g/mol. The van der Waals surface area contributed by atoms with Crippen molar-refractivity contribution in [1.82, 2.24) is 9.88 Å². The number of piperidine rings is 1. The molecule has 5 heteroatoms. The Labute approximate surface area is 140 Å². The molecule has 2 aliphatic heterocycles. The molecule has 120 valence electrons. The highest BCUT2D eigenvalue weighted by molar-refractivity contribution is 7.12. The van der Waals surface area contributed by atoms with Gasteiger partial charge in [-0.1, -0.05) is 0 Å². The van der Waals surface area contributed by atoms with Gasteiger partial charge >= 0.3 is 0 Å². The highest BCUT2D eigenvalue weighted by Gasteiger charge is 2.44. The zero-order valence-corrected chi connectivity index (χ0v) is 14.0. The molecule has 0 N–H and O–H groups in total. The van der Waals surface area contributed by atoms with Crippen LogP contribution in [-0.2, 0) is 0 Å². The summed E-state index contributed by atoms with van der Waals surface area (Å²) in [6.45, 7) is 2.04. The Hall–Kier alpha value is -1.88. The number of pyridine rings is 1. The molecular formula is C18H20N2O2S. The molecule has 4 heterocycles. The van der Waals surface area contributed by atoms with Crippen LogP contribution >= 0.6 is 11.3 Å². The van der Waals surface area contributed by atoms with Crippen LogP contribution in [0.15, 0.2) is 36.0 Å². The molecule has 0 aromatic carbocycles. The number of aryl methyl sites for hydroxylation is 1. The summed E-state index contributed by atoms with van der Waals surface area (Å²) in [5.74, 6) is 1.03. The van der Waals surface area contributed by atoms with E-state index in [1.807, 2.05) is 30.5 Å². The normalized spacial score (nSPS) is 26.3.